The highest BCUT2D eigenvalue weighted by Gasteiger charge is 2.31. The van der Waals surface area contributed by atoms with Gasteiger partial charge in [-0.05, 0) is 59.9 Å². The number of para-hydroxylation sites is 1. The SMILES string of the molecule is N[C@H](C(=O)Nc1ccccc1CC[C@@H]1CNCC(Oc2ccc(C(F)(F)F)cc2)O1)C(c1ccccc1)c1ccccc1. The predicted octanol–water partition coefficient (Wildman–Crippen LogP) is 6.13. The number of aryl methyl sites for hydroxylation is 1. The Balaban J connectivity index is 1.21. The zero-order valence-corrected chi connectivity index (χ0v) is 23.5. The molecule has 0 bridgehead atoms. The molecule has 43 heavy (non-hydrogen) atoms. The van der Waals surface area contributed by atoms with E-state index in [9.17, 15) is 18.0 Å². The second-order valence-corrected chi connectivity index (χ2v) is 10.5. The number of halogens is 3. The molecule has 4 N–H and O–H groups in total. The van der Waals surface area contributed by atoms with E-state index in [0.717, 1.165) is 28.8 Å². The van der Waals surface area contributed by atoms with Crippen molar-refractivity contribution in [2.24, 2.45) is 5.73 Å². The van der Waals surface area contributed by atoms with Gasteiger partial charge in [0.2, 0.25) is 12.2 Å². The summed E-state index contributed by atoms with van der Waals surface area (Å²) in [6.07, 6.45) is -3.99. The second kappa shape index (κ2) is 13.9. The maximum absolute atomic E-state index is 13.5. The first-order valence-electron chi connectivity index (χ1n) is 14.2. The number of carbonyl (C=O) groups is 1. The highest BCUT2D eigenvalue weighted by atomic mass is 19.4. The van der Waals surface area contributed by atoms with Gasteiger partial charge >= 0.3 is 6.18 Å². The summed E-state index contributed by atoms with van der Waals surface area (Å²) in [6, 6.07) is 30.9. The third kappa shape index (κ3) is 8.01. The van der Waals surface area contributed by atoms with Crippen molar-refractivity contribution in [1.29, 1.82) is 0 Å². The van der Waals surface area contributed by atoms with Crippen LogP contribution in [-0.4, -0.2) is 37.4 Å². The number of hydrogen-bond acceptors (Lipinski definition) is 5. The van der Waals surface area contributed by atoms with Crippen molar-refractivity contribution in [2.45, 2.75) is 43.4 Å². The van der Waals surface area contributed by atoms with Crippen molar-refractivity contribution in [2.75, 3.05) is 18.4 Å². The van der Waals surface area contributed by atoms with Gasteiger partial charge in [0, 0.05) is 18.2 Å². The van der Waals surface area contributed by atoms with Gasteiger partial charge in [0.05, 0.1) is 24.3 Å². The summed E-state index contributed by atoms with van der Waals surface area (Å²) in [7, 11) is 0. The average Bonchev–Trinajstić information content (AvgIpc) is 3.02. The third-order valence-corrected chi connectivity index (χ3v) is 7.47. The number of morpholine rings is 1. The molecule has 1 heterocycles. The summed E-state index contributed by atoms with van der Waals surface area (Å²) in [5.41, 5.74) is 9.42. The van der Waals surface area contributed by atoms with E-state index < -0.39 is 24.1 Å². The van der Waals surface area contributed by atoms with Gasteiger partial charge < -0.3 is 25.8 Å². The summed E-state index contributed by atoms with van der Waals surface area (Å²) in [4.78, 5) is 13.5. The van der Waals surface area contributed by atoms with E-state index in [2.05, 4.69) is 10.6 Å². The van der Waals surface area contributed by atoms with Crippen LogP contribution in [0.5, 0.6) is 5.75 Å². The lowest BCUT2D eigenvalue weighted by molar-refractivity contribution is -0.139. The van der Waals surface area contributed by atoms with Crippen LogP contribution in [0.15, 0.2) is 109 Å². The van der Waals surface area contributed by atoms with Crippen LogP contribution in [0.4, 0.5) is 18.9 Å². The zero-order valence-electron chi connectivity index (χ0n) is 23.5. The van der Waals surface area contributed by atoms with Gasteiger partial charge in [-0.15, -0.1) is 0 Å². The predicted molar refractivity (Wildman–Crippen MR) is 160 cm³/mol. The van der Waals surface area contributed by atoms with E-state index in [1.807, 2.05) is 84.9 Å². The van der Waals surface area contributed by atoms with E-state index in [1.54, 1.807) is 0 Å². The van der Waals surface area contributed by atoms with Crippen LogP contribution in [0.25, 0.3) is 0 Å². The molecular weight excluding hydrogens is 555 g/mol. The number of nitrogens with two attached hydrogens (primary N) is 1. The van der Waals surface area contributed by atoms with Gasteiger partial charge in [-0.25, -0.2) is 0 Å². The first-order valence-corrected chi connectivity index (χ1v) is 14.2. The molecule has 224 valence electrons. The van der Waals surface area contributed by atoms with Crippen LogP contribution in [-0.2, 0) is 22.1 Å². The number of carbonyl (C=O) groups excluding carboxylic acids is 1. The van der Waals surface area contributed by atoms with Crippen LogP contribution in [0.1, 0.15) is 34.6 Å². The lowest BCUT2D eigenvalue weighted by Gasteiger charge is -2.31. The lowest BCUT2D eigenvalue weighted by Crippen LogP contribution is -2.47. The van der Waals surface area contributed by atoms with Gasteiger partial charge in [-0.3, -0.25) is 4.79 Å². The summed E-state index contributed by atoms with van der Waals surface area (Å²) in [5, 5.41) is 6.32. The molecule has 3 atom stereocenters. The minimum absolute atomic E-state index is 0.195. The summed E-state index contributed by atoms with van der Waals surface area (Å²) in [5.74, 6) is -0.308. The molecule has 1 saturated heterocycles. The summed E-state index contributed by atoms with van der Waals surface area (Å²) < 4.78 is 50.5. The molecule has 0 aliphatic carbocycles. The van der Waals surface area contributed by atoms with E-state index in [-0.39, 0.29) is 17.9 Å². The fourth-order valence-corrected chi connectivity index (χ4v) is 5.26. The molecule has 9 heteroatoms. The molecule has 0 radical (unpaired) electrons. The molecule has 6 nitrogen and oxygen atoms in total. The Morgan fingerprint density at radius 2 is 1.49 bits per heavy atom. The van der Waals surface area contributed by atoms with Crippen molar-refractivity contribution < 1.29 is 27.4 Å². The third-order valence-electron chi connectivity index (χ3n) is 7.47. The molecule has 4 aromatic carbocycles. The molecule has 1 unspecified atom stereocenters. The molecule has 1 aliphatic rings. The molecule has 1 fully saturated rings. The van der Waals surface area contributed by atoms with Gasteiger partial charge in [-0.2, -0.15) is 13.2 Å². The monoisotopic (exact) mass is 589 g/mol. The molecule has 1 aliphatic heterocycles. The van der Waals surface area contributed by atoms with Crippen LogP contribution < -0.4 is 21.1 Å². The Morgan fingerprint density at radius 1 is 0.884 bits per heavy atom. The largest absolute Gasteiger partial charge is 0.464 e. The van der Waals surface area contributed by atoms with E-state index in [0.29, 0.717) is 37.4 Å². The summed E-state index contributed by atoms with van der Waals surface area (Å²) in [6.45, 7) is 1.01. The van der Waals surface area contributed by atoms with Crippen molar-refractivity contribution >= 4 is 11.6 Å². The Hall–Kier alpha value is -4.18. The number of nitrogens with one attached hydrogen (secondary N) is 2. The number of hydrogen-bond donors (Lipinski definition) is 3. The molecular formula is C34H34F3N3O3. The van der Waals surface area contributed by atoms with Gasteiger partial charge in [0.1, 0.15) is 5.75 Å². The quantitative estimate of drug-likeness (QED) is 0.207. The molecule has 0 spiro atoms. The van der Waals surface area contributed by atoms with Crippen LogP contribution >= 0.6 is 0 Å². The lowest BCUT2D eigenvalue weighted by atomic mass is 9.85. The highest BCUT2D eigenvalue weighted by molar-refractivity contribution is 5.96. The maximum atomic E-state index is 13.5. The standard InChI is InChI=1S/C34H34F3N3O3/c35-34(36,37)26-16-19-27(20-17-26)42-30-22-39-21-28(43-30)18-15-23-9-7-8-14-29(23)40-33(41)32(38)31(24-10-3-1-4-11-24)25-12-5-2-6-13-25/h1-14,16-17,19-20,28,30-32,39H,15,18,21-22,38H2,(H,40,41)/t28-,30?,32+/m1/s1. The van der Waals surface area contributed by atoms with E-state index in [1.165, 1.54) is 12.1 Å². The minimum atomic E-state index is -4.40. The number of amides is 1. The number of anilines is 1. The zero-order chi connectivity index (χ0) is 30.2. The number of benzene rings is 4. The Bertz CT molecular complexity index is 1430. The fraction of sp³-hybridized carbons (Fsp3) is 0.265. The molecule has 4 aromatic rings. The Labute approximate surface area is 249 Å². The van der Waals surface area contributed by atoms with Crippen LogP contribution in [0, 0.1) is 0 Å². The van der Waals surface area contributed by atoms with Crippen molar-refractivity contribution in [3.05, 3.63) is 131 Å². The highest BCUT2D eigenvalue weighted by Crippen LogP contribution is 2.31. The molecule has 5 rings (SSSR count). The normalized spacial score (nSPS) is 17.8. The maximum Gasteiger partial charge on any atom is 0.416 e. The smallest absolute Gasteiger partial charge is 0.416 e. The second-order valence-electron chi connectivity index (χ2n) is 10.5. The van der Waals surface area contributed by atoms with E-state index >= 15 is 0 Å². The molecule has 0 aromatic heterocycles. The van der Waals surface area contributed by atoms with E-state index in [4.69, 9.17) is 15.2 Å². The number of rotatable bonds is 10. The number of ether oxygens (including phenoxy) is 2. The van der Waals surface area contributed by atoms with Crippen molar-refractivity contribution in [3.8, 4) is 5.75 Å². The van der Waals surface area contributed by atoms with Crippen molar-refractivity contribution in [1.82, 2.24) is 5.32 Å². The minimum Gasteiger partial charge on any atom is -0.464 e. The summed E-state index contributed by atoms with van der Waals surface area (Å²) >= 11 is 0. The van der Waals surface area contributed by atoms with Crippen LogP contribution in [0.3, 0.4) is 0 Å². The first-order chi connectivity index (χ1) is 20.8. The first kappa shape index (κ1) is 30.3. The Morgan fingerprint density at radius 3 is 2.12 bits per heavy atom. The molecule has 0 saturated carbocycles. The number of alkyl halides is 3. The van der Waals surface area contributed by atoms with Gasteiger partial charge in [-0.1, -0.05) is 78.9 Å². The van der Waals surface area contributed by atoms with Crippen LogP contribution in [0.2, 0.25) is 0 Å². The van der Waals surface area contributed by atoms with Crippen molar-refractivity contribution in [3.63, 3.8) is 0 Å². The molecule has 1 amide bonds. The fourth-order valence-electron chi connectivity index (χ4n) is 5.26. The topological polar surface area (TPSA) is 85.6 Å². The average molecular weight is 590 g/mol. The van der Waals surface area contributed by atoms with Gasteiger partial charge in [0.15, 0.2) is 0 Å². The Kier molecular flexibility index (Phi) is 9.76. The van der Waals surface area contributed by atoms with Gasteiger partial charge in [0.25, 0.3) is 0 Å².